The van der Waals surface area contributed by atoms with Crippen LogP contribution >= 0.6 is 11.3 Å². The van der Waals surface area contributed by atoms with E-state index < -0.39 is 39.5 Å². The zero-order valence-electron chi connectivity index (χ0n) is 23.3. The second kappa shape index (κ2) is 11.3. The molecule has 0 unspecified atom stereocenters. The molecule has 1 atom stereocenters. The van der Waals surface area contributed by atoms with E-state index >= 15 is 0 Å². The molecule has 1 fully saturated rings. The molecule has 1 saturated heterocycles. The summed E-state index contributed by atoms with van der Waals surface area (Å²) in [6, 6.07) is 2.82. The summed E-state index contributed by atoms with van der Waals surface area (Å²) in [7, 11) is -3.24. The van der Waals surface area contributed by atoms with Crippen molar-refractivity contribution in [2.75, 3.05) is 31.8 Å². The van der Waals surface area contributed by atoms with Crippen LogP contribution in [0, 0.1) is 12.7 Å². The molecule has 1 aromatic carbocycles. The molecule has 2 aliphatic heterocycles. The number of ether oxygens (including phenoxy) is 3. The SMILES string of the molecule is COc1ccc(F)cc1[C@H](CN1C(=O)N(C(C)(C)C(=O)O)S(=O)(=O)c2c1sc(-c1ncco1)c2C)OC1CCOCC1. The first-order valence-electron chi connectivity index (χ1n) is 13.1. The molecule has 12 nitrogen and oxygen atoms in total. The Kier molecular flexibility index (Phi) is 8.04. The second-order valence-electron chi connectivity index (χ2n) is 10.4. The van der Waals surface area contributed by atoms with Crippen molar-refractivity contribution < 1.29 is 46.1 Å². The number of oxazole rings is 1. The van der Waals surface area contributed by atoms with Crippen molar-refractivity contribution in [3.05, 3.63) is 47.6 Å². The Balaban J connectivity index is 1.69. The van der Waals surface area contributed by atoms with E-state index in [-0.39, 0.29) is 34.0 Å². The highest BCUT2D eigenvalue weighted by Crippen LogP contribution is 2.50. The number of carbonyl (C=O) groups excluding carboxylic acids is 1. The maximum atomic E-state index is 14.6. The van der Waals surface area contributed by atoms with E-state index in [1.54, 1.807) is 0 Å². The number of carbonyl (C=O) groups is 2. The zero-order chi connectivity index (χ0) is 30.4. The lowest BCUT2D eigenvalue weighted by molar-refractivity contribution is -0.145. The molecular weight excluding hydrogens is 593 g/mol. The van der Waals surface area contributed by atoms with E-state index in [0.717, 1.165) is 25.2 Å². The quantitative estimate of drug-likeness (QED) is 0.359. The summed E-state index contributed by atoms with van der Waals surface area (Å²) in [6.45, 7) is 4.43. The van der Waals surface area contributed by atoms with Crippen LogP contribution in [0.3, 0.4) is 0 Å². The van der Waals surface area contributed by atoms with Crippen LogP contribution in [0.2, 0.25) is 0 Å². The van der Waals surface area contributed by atoms with Crippen LogP contribution in [-0.2, 0) is 24.3 Å². The monoisotopic (exact) mass is 623 g/mol. The standard InChI is InChI=1S/C27H30FN3O9S2/c1-15-21(23-29-9-12-39-23)41-24-22(15)42(35,36)31(27(2,3)25(32)33)26(34)30(24)14-20(40-17-7-10-38-11-8-17)18-13-16(28)5-6-19(18)37-4/h5-6,9,12-13,17,20H,7-8,10-11,14H2,1-4H3,(H,32,33)/t20-/m0/s1. The van der Waals surface area contributed by atoms with Gasteiger partial charge in [-0.2, -0.15) is 4.31 Å². The number of benzene rings is 1. The lowest BCUT2D eigenvalue weighted by Gasteiger charge is -2.42. The molecule has 2 aliphatic rings. The number of sulfonamides is 1. The van der Waals surface area contributed by atoms with Crippen molar-refractivity contribution in [2.24, 2.45) is 0 Å². The summed E-state index contributed by atoms with van der Waals surface area (Å²) in [5, 5.41) is 10.0. The fraction of sp³-hybridized carbons (Fsp3) is 0.444. The number of fused-ring (bicyclic) bond motifs is 1. The molecule has 1 N–H and O–H groups in total. The van der Waals surface area contributed by atoms with Gasteiger partial charge in [0, 0.05) is 18.8 Å². The van der Waals surface area contributed by atoms with Gasteiger partial charge >= 0.3 is 12.0 Å². The molecule has 0 aliphatic carbocycles. The number of hydrogen-bond donors (Lipinski definition) is 1. The van der Waals surface area contributed by atoms with E-state index in [1.807, 2.05) is 0 Å². The van der Waals surface area contributed by atoms with Crippen molar-refractivity contribution in [3.8, 4) is 16.5 Å². The molecule has 0 spiro atoms. The predicted molar refractivity (Wildman–Crippen MR) is 149 cm³/mol. The zero-order valence-corrected chi connectivity index (χ0v) is 25.0. The predicted octanol–water partition coefficient (Wildman–Crippen LogP) is 4.59. The van der Waals surface area contributed by atoms with Gasteiger partial charge in [-0.05, 0) is 57.4 Å². The van der Waals surface area contributed by atoms with Crippen molar-refractivity contribution in [1.29, 1.82) is 0 Å². The molecule has 4 heterocycles. The smallest absolute Gasteiger partial charge is 0.340 e. The van der Waals surface area contributed by atoms with Gasteiger partial charge in [0.05, 0.1) is 30.8 Å². The number of urea groups is 1. The molecule has 42 heavy (non-hydrogen) atoms. The van der Waals surface area contributed by atoms with Crippen molar-refractivity contribution in [3.63, 3.8) is 0 Å². The molecule has 226 valence electrons. The van der Waals surface area contributed by atoms with Gasteiger partial charge in [-0.25, -0.2) is 27.4 Å². The second-order valence-corrected chi connectivity index (χ2v) is 13.1. The molecule has 15 heteroatoms. The van der Waals surface area contributed by atoms with Gasteiger partial charge in [-0.3, -0.25) is 4.90 Å². The first-order chi connectivity index (χ1) is 19.9. The Morgan fingerprint density at radius 2 is 2.02 bits per heavy atom. The highest BCUT2D eigenvalue weighted by Gasteiger charge is 2.54. The number of methoxy groups -OCH3 is 1. The molecule has 0 radical (unpaired) electrons. The number of nitrogens with zero attached hydrogens (tertiary/aromatic N) is 3. The molecule has 2 amide bonds. The number of aromatic nitrogens is 1. The number of amides is 2. The fourth-order valence-corrected chi connectivity index (χ4v) is 8.70. The van der Waals surface area contributed by atoms with Gasteiger partial charge in [-0.15, -0.1) is 11.3 Å². The molecular formula is C27H30FN3O9S2. The Bertz CT molecular complexity index is 1600. The summed E-state index contributed by atoms with van der Waals surface area (Å²) in [5.41, 5.74) is -1.61. The number of carboxylic acids is 1. The largest absolute Gasteiger partial charge is 0.496 e. The fourth-order valence-electron chi connectivity index (χ4n) is 5.06. The Hall–Kier alpha value is -3.53. The minimum absolute atomic E-state index is 0.0408. The summed E-state index contributed by atoms with van der Waals surface area (Å²) < 4.78 is 65.7. The van der Waals surface area contributed by atoms with Gasteiger partial charge < -0.3 is 23.7 Å². The van der Waals surface area contributed by atoms with Gasteiger partial charge in [-0.1, -0.05) is 0 Å². The van der Waals surface area contributed by atoms with Gasteiger partial charge in [0.15, 0.2) is 5.54 Å². The minimum atomic E-state index is -4.66. The van der Waals surface area contributed by atoms with Crippen LogP contribution in [0.1, 0.15) is 43.9 Å². The van der Waals surface area contributed by atoms with Crippen molar-refractivity contribution in [2.45, 2.75) is 56.3 Å². The average Bonchev–Trinajstić information content (AvgIpc) is 3.59. The van der Waals surface area contributed by atoms with E-state index in [1.165, 1.54) is 49.6 Å². The maximum absolute atomic E-state index is 14.6. The van der Waals surface area contributed by atoms with E-state index in [4.69, 9.17) is 18.6 Å². The number of carboxylic acid groups (broad SMARTS) is 1. The average molecular weight is 624 g/mol. The third-order valence-electron chi connectivity index (χ3n) is 7.29. The summed E-state index contributed by atoms with van der Waals surface area (Å²) >= 11 is 0.966. The van der Waals surface area contributed by atoms with Gasteiger partial charge in [0.25, 0.3) is 10.0 Å². The summed E-state index contributed by atoms with van der Waals surface area (Å²) in [6.07, 6.45) is 2.54. The first kappa shape index (κ1) is 29.9. The number of rotatable bonds is 9. The lowest BCUT2D eigenvalue weighted by atomic mass is 10.0. The van der Waals surface area contributed by atoms with Crippen molar-refractivity contribution >= 4 is 38.4 Å². The van der Waals surface area contributed by atoms with Crippen molar-refractivity contribution in [1.82, 2.24) is 9.29 Å². The number of anilines is 1. The van der Waals surface area contributed by atoms with Crippen LogP contribution in [0.25, 0.3) is 10.8 Å². The number of aliphatic carboxylic acids is 1. The van der Waals surface area contributed by atoms with Crippen LogP contribution in [0.15, 0.2) is 40.0 Å². The maximum Gasteiger partial charge on any atom is 0.340 e. The van der Waals surface area contributed by atoms with Gasteiger partial charge in [0.2, 0.25) is 5.89 Å². The molecule has 0 bridgehead atoms. The lowest BCUT2D eigenvalue weighted by Crippen LogP contribution is -2.62. The third kappa shape index (κ3) is 5.14. The first-order valence-corrected chi connectivity index (χ1v) is 15.3. The Labute approximate surface area is 245 Å². The van der Waals surface area contributed by atoms with E-state index in [2.05, 4.69) is 4.98 Å². The van der Waals surface area contributed by atoms with E-state index in [0.29, 0.717) is 46.6 Å². The van der Waals surface area contributed by atoms with Crippen LogP contribution in [-0.4, -0.2) is 73.3 Å². The Morgan fingerprint density at radius 3 is 2.64 bits per heavy atom. The molecule has 5 rings (SSSR count). The number of halogens is 1. The highest BCUT2D eigenvalue weighted by atomic mass is 32.2. The normalized spacial score (nSPS) is 18.2. The number of hydrogen-bond acceptors (Lipinski definition) is 10. The highest BCUT2D eigenvalue weighted by molar-refractivity contribution is 7.90. The van der Waals surface area contributed by atoms with E-state index in [9.17, 15) is 27.5 Å². The van der Waals surface area contributed by atoms with Crippen LogP contribution < -0.4 is 9.64 Å². The minimum Gasteiger partial charge on any atom is -0.496 e. The third-order valence-corrected chi connectivity index (χ3v) is 10.8. The number of thiophene rings is 1. The van der Waals surface area contributed by atoms with Gasteiger partial charge in [0.1, 0.15) is 33.8 Å². The van der Waals surface area contributed by atoms with Crippen LogP contribution in [0.5, 0.6) is 5.75 Å². The molecule has 3 aromatic rings. The van der Waals surface area contributed by atoms with Crippen LogP contribution in [0.4, 0.5) is 14.2 Å². The molecule has 0 saturated carbocycles. The summed E-state index contributed by atoms with van der Waals surface area (Å²) in [5.74, 6) is -1.64. The molecule has 2 aromatic heterocycles. The summed E-state index contributed by atoms with van der Waals surface area (Å²) in [4.78, 5) is 31.8. The Morgan fingerprint density at radius 1 is 1.31 bits per heavy atom. The topological polar surface area (TPSA) is 149 Å².